The third-order valence-corrected chi connectivity index (χ3v) is 4.55. The Balaban J connectivity index is 2.31. The van der Waals surface area contributed by atoms with Crippen LogP contribution in [-0.2, 0) is 13.0 Å². The first-order valence-corrected chi connectivity index (χ1v) is 7.26. The van der Waals surface area contributed by atoms with Gasteiger partial charge in [-0.05, 0) is 31.2 Å². The fourth-order valence-corrected chi connectivity index (χ4v) is 3.02. The van der Waals surface area contributed by atoms with Gasteiger partial charge in [0.2, 0.25) is 0 Å². The summed E-state index contributed by atoms with van der Waals surface area (Å²) in [6, 6.07) is 6.15. The van der Waals surface area contributed by atoms with Gasteiger partial charge in [-0.1, -0.05) is 18.5 Å². The van der Waals surface area contributed by atoms with Gasteiger partial charge in [0, 0.05) is 41.2 Å². The summed E-state index contributed by atoms with van der Waals surface area (Å²) in [7, 11) is 0. The number of aryl methyl sites for hydroxylation is 1. The van der Waals surface area contributed by atoms with Crippen molar-refractivity contribution in [2.24, 2.45) is 0 Å². The number of fused-ring (bicyclic) bond motifs is 2. The van der Waals surface area contributed by atoms with Crippen LogP contribution in [0.5, 0.6) is 0 Å². The topological polar surface area (TPSA) is 39.9 Å². The number of likely N-dealkylation sites (N-methyl/N-ethyl adjacent to an activating group) is 1. The van der Waals surface area contributed by atoms with Crippen molar-refractivity contribution in [3.8, 4) is 6.07 Å². The predicted molar refractivity (Wildman–Crippen MR) is 80.9 cm³/mol. The van der Waals surface area contributed by atoms with E-state index in [0.717, 1.165) is 59.3 Å². The number of benzene rings is 1. The largest absolute Gasteiger partial charge is 0.299 e. The lowest BCUT2D eigenvalue weighted by molar-refractivity contribution is 0.266. The normalized spacial score (nSPS) is 15.1. The second-order valence-electron chi connectivity index (χ2n) is 5.21. The molecule has 0 fully saturated rings. The van der Waals surface area contributed by atoms with Crippen molar-refractivity contribution in [2.45, 2.75) is 26.8 Å². The molecule has 2 aromatic rings. The molecule has 1 aromatic carbocycles. The summed E-state index contributed by atoms with van der Waals surface area (Å²) in [6.07, 6.45) is 0.903. The lowest BCUT2D eigenvalue weighted by Gasteiger charge is -2.28. The number of halogens is 1. The molecule has 1 aliphatic heterocycles. The lowest BCUT2D eigenvalue weighted by Crippen LogP contribution is -2.31. The van der Waals surface area contributed by atoms with Crippen LogP contribution >= 0.6 is 11.6 Å². The van der Waals surface area contributed by atoms with Crippen LogP contribution < -0.4 is 0 Å². The zero-order chi connectivity index (χ0) is 14.3. The molecule has 0 N–H and O–H groups in total. The maximum absolute atomic E-state index is 9.58. The number of rotatable bonds is 1. The first-order chi connectivity index (χ1) is 9.65. The van der Waals surface area contributed by atoms with Crippen molar-refractivity contribution in [1.29, 1.82) is 5.26 Å². The fraction of sp³-hybridized carbons (Fsp3) is 0.375. The van der Waals surface area contributed by atoms with Gasteiger partial charge < -0.3 is 0 Å². The number of hydrogen-bond acceptors (Lipinski definition) is 3. The van der Waals surface area contributed by atoms with Gasteiger partial charge in [0.1, 0.15) is 6.07 Å². The Bertz CT molecular complexity index is 731. The van der Waals surface area contributed by atoms with Gasteiger partial charge in [-0.25, -0.2) is 0 Å². The van der Waals surface area contributed by atoms with E-state index in [0.29, 0.717) is 5.02 Å². The van der Waals surface area contributed by atoms with E-state index in [1.807, 2.05) is 19.1 Å². The molecule has 0 saturated carbocycles. The number of nitrogens with zero attached hydrogens (tertiary/aromatic N) is 3. The summed E-state index contributed by atoms with van der Waals surface area (Å²) in [6.45, 7) is 6.94. The van der Waals surface area contributed by atoms with E-state index >= 15 is 0 Å². The molecule has 2 heterocycles. The highest BCUT2D eigenvalue weighted by molar-refractivity contribution is 6.32. The van der Waals surface area contributed by atoms with E-state index in [9.17, 15) is 5.26 Å². The number of pyridine rings is 1. The molecular formula is C16H16ClN3. The van der Waals surface area contributed by atoms with Gasteiger partial charge in [0.25, 0.3) is 0 Å². The Morgan fingerprint density at radius 3 is 2.95 bits per heavy atom. The van der Waals surface area contributed by atoms with Crippen LogP contribution in [0.25, 0.3) is 10.9 Å². The van der Waals surface area contributed by atoms with Crippen LogP contribution in [0.15, 0.2) is 12.1 Å². The van der Waals surface area contributed by atoms with Crippen molar-refractivity contribution in [3.05, 3.63) is 39.5 Å². The second kappa shape index (κ2) is 5.05. The van der Waals surface area contributed by atoms with Gasteiger partial charge >= 0.3 is 0 Å². The van der Waals surface area contributed by atoms with Crippen molar-refractivity contribution in [2.75, 3.05) is 13.1 Å². The molecule has 0 atom stereocenters. The van der Waals surface area contributed by atoms with Crippen molar-refractivity contribution in [1.82, 2.24) is 9.88 Å². The lowest BCUT2D eigenvalue weighted by atomic mass is 9.95. The number of nitriles is 1. The summed E-state index contributed by atoms with van der Waals surface area (Å²) in [5.41, 5.74) is 4.75. The molecule has 0 unspecified atom stereocenters. The molecule has 0 spiro atoms. The molecule has 3 rings (SSSR count). The minimum absolute atomic E-state index is 0.708. The van der Waals surface area contributed by atoms with E-state index in [-0.39, 0.29) is 0 Å². The van der Waals surface area contributed by atoms with Gasteiger partial charge in [-0.3, -0.25) is 9.88 Å². The van der Waals surface area contributed by atoms with Gasteiger partial charge in [-0.15, -0.1) is 0 Å². The van der Waals surface area contributed by atoms with Crippen LogP contribution in [-0.4, -0.2) is 23.0 Å². The minimum atomic E-state index is 0.708. The molecule has 20 heavy (non-hydrogen) atoms. The zero-order valence-corrected chi connectivity index (χ0v) is 12.5. The molecule has 102 valence electrons. The molecule has 1 aliphatic rings. The van der Waals surface area contributed by atoms with E-state index in [2.05, 4.69) is 17.9 Å². The molecular weight excluding hydrogens is 270 g/mol. The predicted octanol–water partition coefficient (Wildman–Crippen LogP) is 3.45. The Hall–Kier alpha value is -1.63. The standard InChI is InChI=1S/C16H16ClN3/c1-3-20-7-6-15-13(9-20)12(8-18)11-4-5-14(17)10(2)16(11)19-15/h4-5H,3,6-7,9H2,1-2H3. The molecule has 0 radical (unpaired) electrons. The third kappa shape index (κ3) is 1.96. The van der Waals surface area contributed by atoms with Crippen LogP contribution in [0.1, 0.15) is 29.3 Å². The smallest absolute Gasteiger partial charge is 0.100 e. The first-order valence-electron chi connectivity index (χ1n) is 6.88. The van der Waals surface area contributed by atoms with Crippen molar-refractivity contribution >= 4 is 22.5 Å². The number of hydrogen-bond donors (Lipinski definition) is 0. The summed E-state index contributed by atoms with van der Waals surface area (Å²) in [4.78, 5) is 7.14. The van der Waals surface area contributed by atoms with E-state index in [4.69, 9.17) is 16.6 Å². The molecule has 4 heteroatoms. The third-order valence-electron chi connectivity index (χ3n) is 4.14. The molecule has 0 aliphatic carbocycles. The first kappa shape index (κ1) is 13.4. The van der Waals surface area contributed by atoms with E-state index < -0.39 is 0 Å². The highest BCUT2D eigenvalue weighted by Crippen LogP contribution is 2.31. The van der Waals surface area contributed by atoms with Gasteiger partial charge in [0.15, 0.2) is 0 Å². The summed E-state index contributed by atoms with van der Waals surface area (Å²) >= 11 is 6.18. The summed E-state index contributed by atoms with van der Waals surface area (Å²) in [5.74, 6) is 0. The summed E-state index contributed by atoms with van der Waals surface area (Å²) < 4.78 is 0. The van der Waals surface area contributed by atoms with Crippen LogP contribution in [0.3, 0.4) is 0 Å². The number of aromatic nitrogens is 1. The highest BCUT2D eigenvalue weighted by atomic mass is 35.5. The van der Waals surface area contributed by atoms with Crippen LogP contribution in [0, 0.1) is 18.3 Å². The Morgan fingerprint density at radius 2 is 2.25 bits per heavy atom. The Labute approximate surface area is 123 Å². The summed E-state index contributed by atoms with van der Waals surface area (Å²) in [5, 5.41) is 11.2. The quantitative estimate of drug-likeness (QED) is 0.806. The van der Waals surface area contributed by atoms with Gasteiger partial charge in [-0.2, -0.15) is 5.26 Å². The SMILES string of the molecule is CCN1CCc2nc3c(C)c(Cl)ccc3c(C#N)c2C1. The van der Waals surface area contributed by atoms with Crippen LogP contribution in [0.2, 0.25) is 5.02 Å². The fourth-order valence-electron chi connectivity index (χ4n) is 2.87. The van der Waals surface area contributed by atoms with Gasteiger partial charge in [0.05, 0.1) is 11.1 Å². The highest BCUT2D eigenvalue weighted by Gasteiger charge is 2.22. The van der Waals surface area contributed by atoms with Crippen molar-refractivity contribution in [3.63, 3.8) is 0 Å². The maximum Gasteiger partial charge on any atom is 0.100 e. The average Bonchev–Trinajstić information content (AvgIpc) is 2.48. The zero-order valence-electron chi connectivity index (χ0n) is 11.7. The van der Waals surface area contributed by atoms with E-state index in [1.54, 1.807) is 0 Å². The monoisotopic (exact) mass is 285 g/mol. The van der Waals surface area contributed by atoms with Crippen LogP contribution in [0.4, 0.5) is 0 Å². The Morgan fingerprint density at radius 1 is 1.45 bits per heavy atom. The Kier molecular flexibility index (Phi) is 3.37. The molecule has 0 bridgehead atoms. The second-order valence-corrected chi connectivity index (χ2v) is 5.62. The average molecular weight is 286 g/mol. The maximum atomic E-state index is 9.58. The van der Waals surface area contributed by atoms with Crippen molar-refractivity contribution < 1.29 is 0 Å². The molecule has 3 nitrogen and oxygen atoms in total. The molecule has 0 saturated heterocycles. The molecule has 0 amide bonds. The van der Waals surface area contributed by atoms with E-state index in [1.165, 1.54) is 0 Å². The minimum Gasteiger partial charge on any atom is -0.299 e. The molecule has 1 aromatic heterocycles.